The molecule has 28 heavy (non-hydrogen) atoms. The first-order chi connectivity index (χ1) is 13.5. The average Bonchev–Trinajstić information content (AvgIpc) is 3.12. The smallest absolute Gasteiger partial charge is 0.341 e. The van der Waals surface area contributed by atoms with Crippen molar-refractivity contribution >= 4 is 28.2 Å². The van der Waals surface area contributed by atoms with Crippen LogP contribution in [0.4, 0.5) is 5.00 Å². The molecule has 0 aliphatic heterocycles. The molecule has 2 aromatic heterocycles. The summed E-state index contributed by atoms with van der Waals surface area (Å²) in [4.78, 5) is 29.1. The van der Waals surface area contributed by atoms with Crippen molar-refractivity contribution in [2.45, 2.75) is 26.7 Å². The van der Waals surface area contributed by atoms with Gasteiger partial charge in [0, 0.05) is 28.9 Å². The minimum Gasteiger partial charge on any atom is -0.462 e. The van der Waals surface area contributed by atoms with Gasteiger partial charge in [0.1, 0.15) is 10.6 Å². The fourth-order valence-corrected chi connectivity index (χ4v) is 3.75. The average molecular weight is 394 g/mol. The monoisotopic (exact) mass is 394 g/mol. The lowest BCUT2D eigenvalue weighted by atomic mass is 9.98. The quantitative estimate of drug-likeness (QED) is 0.571. The van der Waals surface area contributed by atoms with E-state index >= 15 is 0 Å². The first-order valence-electron chi connectivity index (χ1n) is 9.11. The number of rotatable bonds is 6. The van der Waals surface area contributed by atoms with Crippen LogP contribution < -0.4 is 5.32 Å². The van der Waals surface area contributed by atoms with E-state index in [1.807, 2.05) is 17.5 Å². The number of nitrogens with one attached hydrogen (secondary N) is 1. The second kappa shape index (κ2) is 8.80. The number of anilines is 1. The zero-order valence-corrected chi connectivity index (χ0v) is 16.9. The van der Waals surface area contributed by atoms with Gasteiger partial charge in [0.2, 0.25) is 0 Å². The van der Waals surface area contributed by atoms with Crippen LogP contribution in [-0.2, 0) is 4.74 Å². The largest absolute Gasteiger partial charge is 0.462 e. The second-order valence-electron chi connectivity index (χ2n) is 6.54. The van der Waals surface area contributed by atoms with Gasteiger partial charge in [0.15, 0.2) is 0 Å². The van der Waals surface area contributed by atoms with Crippen molar-refractivity contribution in [1.82, 2.24) is 4.98 Å². The van der Waals surface area contributed by atoms with Crippen LogP contribution in [0.25, 0.3) is 11.1 Å². The highest BCUT2D eigenvalue weighted by molar-refractivity contribution is 7.15. The molecular formula is C22H22N2O3S. The highest BCUT2D eigenvalue weighted by Crippen LogP contribution is 2.37. The number of benzene rings is 1. The van der Waals surface area contributed by atoms with E-state index in [-0.39, 0.29) is 12.5 Å². The highest BCUT2D eigenvalue weighted by atomic mass is 32.1. The summed E-state index contributed by atoms with van der Waals surface area (Å²) in [5, 5.41) is 5.19. The van der Waals surface area contributed by atoms with Gasteiger partial charge in [-0.05, 0) is 36.1 Å². The first kappa shape index (κ1) is 19.8. The van der Waals surface area contributed by atoms with E-state index in [9.17, 15) is 9.59 Å². The van der Waals surface area contributed by atoms with E-state index in [0.29, 0.717) is 22.0 Å². The molecular weight excluding hydrogens is 372 g/mol. The summed E-state index contributed by atoms with van der Waals surface area (Å²) in [5.74, 6) is -0.315. The third-order valence-corrected chi connectivity index (χ3v) is 5.22. The number of esters is 1. The maximum Gasteiger partial charge on any atom is 0.341 e. The van der Waals surface area contributed by atoms with Gasteiger partial charge < -0.3 is 10.1 Å². The van der Waals surface area contributed by atoms with Crippen molar-refractivity contribution in [3.63, 3.8) is 0 Å². The van der Waals surface area contributed by atoms with E-state index in [2.05, 4.69) is 36.3 Å². The molecule has 3 rings (SSSR count). The van der Waals surface area contributed by atoms with Crippen LogP contribution in [-0.4, -0.2) is 23.5 Å². The SMILES string of the molecule is CCOC(=O)c1c(-c2ccc(C(C)C)cc2)csc1NC(=O)c1ccncc1. The predicted octanol–water partition coefficient (Wildman–Crippen LogP) is 5.36. The number of hydrogen-bond donors (Lipinski definition) is 1. The van der Waals surface area contributed by atoms with Gasteiger partial charge in [-0.15, -0.1) is 11.3 Å². The number of thiophene rings is 1. The number of amides is 1. The van der Waals surface area contributed by atoms with Crippen LogP contribution in [0.5, 0.6) is 0 Å². The molecule has 1 aromatic carbocycles. The van der Waals surface area contributed by atoms with Crippen LogP contribution in [0.1, 0.15) is 53.0 Å². The minimum absolute atomic E-state index is 0.262. The van der Waals surface area contributed by atoms with Gasteiger partial charge in [0.05, 0.1) is 6.61 Å². The topological polar surface area (TPSA) is 68.3 Å². The van der Waals surface area contributed by atoms with E-state index in [4.69, 9.17) is 4.74 Å². The van der Waals surface area contributed by atoms with Gasteiger partial charge in [-0.2, -0.15) is 0 Å². The number of carbonyl (C=O) groups is 2. The summed E-state index contributed by atoms with van der Waals surface area (Å²) in [7, 11) is 0. The molecule has 0 spiro atoms. The Bertz CT molecular complexity index is 963. The van der Waals surface area contributed by atoms with Gasteiger partial charge in [-0.25, -0.2) is 4.79 Å². The van der Waals surface area contributed by atoms with Crippen LogP contribution in [0.2, 0.25) is 0 Å². The molecule has 0 radical (unpaired) electrons. The van der Waals surface area contributed by atoms with E-state index in [1.165, 1.54) is 16.9 Å². The molecule has 5 nitrogen and oxygen atoms in total. The number of pyridine rings is 1. The maximum absolute atomic E-state index is 12.6. The van der Waals surface area contributed by atoms with Crippen LogP contribution in [0, 0.1) is 0 Å². The fourth-order valence-electron chi connectivity index (χ4n) is 2.79. The predicted molar refractivity (Wildman–Crippen MR) is 112 cm³/mol. The molecule has 0 saturated carbocycles. The van der Waals surface area contributed by atoms with Crippen LogP contribution >= 0.6 is 11.3 Å². The second-order valence-corrected chi connectivity index (χ2v) is 7.42. The Balaban J connectivity index is 1.97. The molecule has 0 saturated heterocycles. The summed E-state index contributed by atoms with van der Waals surface area (Å²) in [6.07, 6.45) is 3.11. The Hall–Kier alpha value is -2.99. The Morgan fingerprint density at radius 2 is 1.79 bits per heavy atom. The molecule has 144 valence electrons. The van der Waals surface area contributed by atoms with Crippen molar-refractivity contribution in [2.75, 3.05) is 11.9 Å². The molecule has 3 aromatic rings. The summed E-state index contributed by atoms with van der Waals surface area (Å²) in [6.45, 7) is 6.29. The third-order valence-electron chi connectivity index (χ3n) is 4.33. The van der Waals surface area contributed by atoms with Crippen molar-refractivity contribution in [3.8, 4) is 11.1 Å². The standard InChI is InChI=1S/C22H22N2O3S/c1-4-27-22(26)19-18(16-7-5-15(6-8-16)14(2)3)13-28-21(19)24-20(25)17-9-11-23-12-10-17/h5-14H,4H2,1-3H3,(H,24,25). The molecule has 0 atom stereocenters. The molecule has 0 unspecified atom stereocenters. The van der Waals surface area contributed by atoms with Crippen molar-refractivity contribution in [2.24, 2.45) is 0 Å². The van der Waals surface area contributed by atoms with E-state index in [0.717, 1.165) is 11.1 Å². The Morgan fingerprint density at radius 1 is 1.11 bits per heavy atom. The lowest BCUT2D eigenvalue weighted by Gasteiger charge is -2.10. The Morgan fingerprint density at radius 3 is 2.39 bits per heavy atom. The Kier molecular flexibility index (Phi) is 6.21. The van der Waals surface area contributed by atoms with Gasteiger partial charge in [-0.1, -0.05) is 38.1 Å². The molecule has 0 fully saturated rings. The molecule has 1 amide bonds. The zero-order chi connectivity index (χ0) is 20.1. The molecule has 1 N–H and O–H groups in total. The zero-order valence-electron chi connectivity index (χ0n) is 16.1. The number of aromatic nitrogens is 1. The molecule has 0 aliphatic rings. The summed E-state index contributed by atoms with van der Waals surface area (Å²) >= 11 is 1.31. The van der Waals surface area contributed by atoms with Crippen molar-refractivity contribution in [3.05, 3.63) is 70.9 Å². The van der Waals surface area contributed by atoms with Crippen LogP contribution in [0.3, 0.4) is 0 Å². The van der Waals surface area contributed by atoms with Crippen molar-refractivity contribution in [1.29, 1.82) is 0 Å². The lowest BCUT2D eigenvalue weighted by molar-refractivity contribution is 0.0529. The lowest BCUT2D eigenvalue weighted by Crippen LogP contribution is -2.14. The number of hydrogen-bond acceptors (Lipinski definition) is 5. The number of nitrogens with zero attached hydrogens (tertiary/aromatic N) is 1. The van der Waals surface area contributed by atoms with Crippen LogP contribution in [0.15, 0.2) is 54.2 Å². The fraction of sp³-hybridized carbons (Fsp3) is 0.227. The maximum atomic E-state index is 12.6. The van der Waals surface area contributed by atoms with Gasteiger partial charge in [-0.3, -0.25) is 9.78 Å². The summed E-state index contributed by atoms with van der Waals surface area (Å²) in [5.41, 5.74) is 3.74. The van der Waals surface area contributed by atoms with E-state index in [1.54, 1.807) is 31.5 Å². The van der Waals surface area contributed by atoms with E-state index < -0.39 is 5.97 Å². The molecule has 0 bridgehead atoms. The molecule has 2 heterocycles. The Labute approximate surface area is 168 Å². The van der Waals surface area contributed by atoms with Crippen molar-refractivity contribution < 1.29 is 14.3 Å². The van der Waals surface area contributed by atoms with Gasteiger partial charge >= 0.3 is 5.97 Å². The molecule has 0 aliphatic carbocycles. The van der Waals surface area contributed by atoms with Gasteiger partial charge in [0.25, 0.3) is 5.91 Å². The first-order valence-corrected chi connectivity index (χ1v) is 9.99. The summed E-state index contributed by atoms with van der Waals surface area (Å²) in [6, 6.07) is 11.4. The number of carbonyl (C=O) groups excluding carboxylic acids is 2. The minimum atomic E-state index is -0.447. The normalized spacial score (nSPS) is 10.7. The highest BCUT2D eigenvalue weighted by Gasteiger charge is 2.23. The molecule has 6 heteroatoms. The number of ether oxygens (including phenoxy) is 1. The summed E-state index contributed by atoms with van der Waals surface area (Å²) < 4.78 is 5.24. The third kappa shape index (κ3) is 4.28.